The van der Waals surface area contributed by atoms with Crippen LogP contribution in [0.25, 0.3) is 0 Å². The molecule has 0 unspecified atom stereocenters. The van der Waals surface area contributed by atoms with E-state index < -0.39 is 5.60 Å². The predicted octanol–water partition coefficient (Wildman–Crippen LogP) is 5.95. The highest BCUT2D eigenvalue weighted by Crippen LogP contribution is 2.54. The number of aromatic nitrogens is 1. The fraction of sp³-hybridized carbons (Fsp3) is 0.471. The van der Waals surface area contributed by atoms with Crippen molar-refractivity contribution < 1.29 is 14.6 Å². The number of aliphatic hydroxyl groups is 1. The minimum Gasteiger partial charge on any atom is -0.387 e. The van der Waals surface area contributed by atoms with Gasteiger partial charge in [0.25, 0.3) is 5.91 Å². The maximum absolute atomic E-state index is 13.1. The van der Waals surface area contributed by atoms with Crippen molar-refractivity contribution in [1.82, 2.24) is 10.3 Å². The summed E-state index contributed by atoms with van der Waals surface area (Å²) >= 11 is 0. The first-order valence-electron chi connectivity index (χ1n) is 14.4. The number of carbonyl (C=O) groups excluding carboxylic acids is 1. The Hall–Kier alpha value is -3.02. The van der Waals surface area contributed by atoms with Crippen molar-refractivity contribution in [3.63, 3.8) is 0 Å². The zero-order chi connectivity index (χ0) is 27.5. The third kappa shape index (κ3) is 6.10. The molecule has 1 fully saturated rings. The van der Waals surface area contributed by atoms with Gasteiger partial charge < -0.3 is 15.2 Å². The van der Waals surface area contributed by atoms with Gasteiger partial charge in [0.1, 0.15) is 0 Å². The number of hydrogen-bond donors (Lipinski definition) is 2. The van der Waals surface area contributed by atoms with Crippen LogP contribution in [0, 0.1) is 18.8 Å². The van der Waals surface area contributed by atoms with Crippen LogP contribution in [0.5, 0.6) is 0 Å². The van der Waals surface area contributed by atoms with E-state index in [9.17, 15) is 9.90 Å². The summed E-state index contributed by atoms with van der Waals surface area (Å²) < 4.78 is 5.94. The van der Waals surface area contributed by atoms with Crippen LogP contribution in [0.2, 0.25) is 0 Å². The van der Waals surface area contributed by atoms with Gasteiger partial charge in [0.2, 0.25) is 0 Å². The molecule has 206 valence electrons. The van der Waals surface area contributed by atoms with Crippen LogP contribution in [0.15, 0.2) is 66.9 Å². The van der Waals surface area contributed by atoms with Crippen molar-refractivity contribution in [2.24, 2.45) is 11.8 Å². The van der Waals surface area contributed by atoms with Gasteiger partial charge >= 0.3 is 0 Å². The fourth-order valence-corrected chi connectivity index (χ4v) is 6.79. The Morgan fingerprint density at radius 3 is 2.72 bits per heavy atom. The van der Waals surface area contributed by atoms with Gasteiger partial charge in [-0.15, -0.1) is 0 Å². The second-order valence-corrected chi connectivity index (χ2v) is 12.2. The van der Waals surface area contributed by atoms with E-state index >= 15 is 0 Å². The molecular formula is C34H42N2O3. The predicted molar refractivity (Wildman–Crippen MR) is 155 cm³/mol. The van der Waals surface area contributed by atoms with E-state index in [-0.39, 0.29) is 11.3 Å². The summed E-state index contributed by atoms with van der Waals surface area (Å²) in [5.74, 6) is 0.760. The van der Waals surface area contributed by atoms with Gasteiger partial charge in [-0.2, -0.15) is 0 Å². The highest BCUT2D eigenvalue weighted by molar-refractivity contribution is 5.94. The molecule has 39 heavy (non-hydrogen) atoms. The van der Waals surface area contributed by atoms with Crippen molar-refractivity contribution in [1.29, 1.82) is 0 Å². The van der Waals surface area contributed by atoms with E-state index in [1.807, 2.05) is 25.1 Å². The molecule has 3 aromatic rings. The van der Waals surface area contributed by atoms with Crippen molar-refractivity contribution >= 4 is 5.91 Å². The molecule has 0 bridgehead atoms. The first kappa shape index (κ1) is 27.5. The number of ether oxygens (including phenoxy) is 1. The van der Waals surface area contributed by atoms with Crippen LogP contribution in [0.3, 0.4) is 0 Å². The normalized spacial score (nSPS) is 24.2. The zero-order valence-corrected chi connectivity index (χ0v) is 23.6. The van der Waals surface area contributed by atoms with E-state index in [0.29, 0.717) is 37.2 Å². The number of amides is 1. The molecule has 0 radical (unpaired) electrons. The molecule has 2 aliphatic rings. The maximum Gasteiger partial charge on any atom is 0.251 e. The quantitative estimate of drug-likeness (QED) is 0.361. The number of carbonyl (C=O) groups is 1. The SMILES string of the molecule is Cc1ncccc1CNC(=O)c1ccc2c(c1)CC[C@H]1C[C@@](O)(COCC(C)C)CC[C@@]21Cc1ccccc1. The molecule has 5 rings (SSSR count). The summed E-state index contributed by atoms with van der Waals surface area (Å²) in [6, 6.07) is 20.9. The second-order valence-electron chi connectivity index (χ2n) is 12.2. The number of benzene rings is 2. The van der Waals surface area contributed by atoms with E-state index in [1.165, 1.54) is 16.7 Å². The monoisotopic (exact) mass is 526 g/mol. The molecule has 1 saturated carbocycles. The third-order valence-corrected chi connectivity index (χ3v) is 8.85. The molecule has 1 amide bonds. The smallest absolute Gasteiger partial charge is 0.251 e. The first-order valence-corrected chi connectivity index (χ1v) is 14.4. The average Bonchev–Trinajstić information content (AvgIpc) is 2.93. The Morgan fingerprint density at radius 1 is 1.13 bits per heavy atom. The molecule has 2 aromatic carbocycles. The summed E-state index contributed by atoms with van der Waals surface area (Å²) in [5, 5.41) is 14.6. The summed E-state index contributed by atoms with van der Waals surface area (Å²) in [7, 11) is 0. The fourth-order valence-electron chi connectivity index (χ4n) is 6.79. The van der Waals surface area contributed by atoms with Crippen LogP contribution in [-0.4, -0.2) is 34.8 Å². The standard InChI is InChI=1S/C34H42N2O3/c1-24(2)22-39-23-33(38)15-16-34(19-26-8-5-4-6-9-26)30(20-33)13-11-27-18-28(12-14-31(27)34)32(37)36-21-29-10-7-17-35-25(29)3/h4-10,12,14,17-18,24,30,38H,11,13,15-16,19-23H2,1-3H3,(H,36,37)/t30-,33+,34-/m0/s1. The van der Waals surface area contributed by atoms with Crippen LogP contribution in [-0.2, 0) is 29.5 Å². The van der Waals surface area contributed by atoms with E-state index in [1.54, 1.807) is 6.20 Å². The second kappa shape index (κ2) is 11.6. The highest BCUT2D eigenvalue weighted by atomic mass is 16.5. The molecule has 0 saturated heterocycles. The number of nitrogens with one attached hydrogen (secondary N) is 1. The molecule has 1 aromatic heterocycles. The van der Waals surface area contributed by atoms with Gasteiger partial charge in [-0.05, 0) is 97.7 Å². The lowest BCUT2D eigenvalue weighted by Gasteiger charge is -2.53. The van der Waals surface area contributed by atoms with E-state index in [2.05, 4.69) is 66.6 Å². The molecule has 0 aliphatic heterocycles. The van der Waals surface area contributed by atoms with Crippen molar-refractivity contribution in [3.05, 3.63) is 100 Å². The van der Waals surface area contributed by atoms with Gasteiger partial charge in [-0.25, -0.2) is 0 Å². The topological polar surface area (TPSA) is 71.5 Å². The largest absolute Gasteiger partial charge is 0.387 e. The van der Waals surface area contributed by atoms with Crippen molar-refractivity contribution in [2.45, 2.75) is 76.9 Å². The number of rotatable bonds is 9. The van der Waals surface area contributed by atoms with Crippen molar-refractivity contribution in [2.75, 3.05) is 13.2 Å². The Balaban J connectivity index is 1.39. The summed E-state index contributed by atoms with van der Waals surface area (Å²) in [5.41, 5.74) is 5.79. The molecular weight excluding hydrogens is 484 g/mol. The van der Waals surface area contributed by atoms with Gasteiger partial charge in [-0.1, -0.05) is 56.3 Å². The molecule has 2 N–H and O–H groups in total. The summed E-state index contributed by atoms with van der Waals surface area (Å²) in [4.78, 5) is 17.4. The molecule has 1 heterocycles. The zero-order valence-electron chi connectivity index (χ0n) is 23.6. The number of fused-ring (bicyclic) bond motifs is 3. The Morgan fingerprint density at radius 2 is 1.95 bits per heavy atom. The highest BCUT2D eigenvalue weighted by Gasteiger charge is 2.51. The minimum atomic E-state index is -0.776. The minimum absolute atomic E-state index is 0.0545. The lowest BCUT2D eigenvalue weighted by molar-refractivity contribution is -0.104. The van der Waals surface area contributed by atoms with E-state index in [0.717, 1.165) is 49.8 Å². The summed E-state index contributed by atoms with van der Waals surface area (Å²) in [6.07, 6.45) is 7.03. The first-order chi connectivity index (χ1) is 18.8. The molecule has 5 nitrogen and oxygen atoms in total. The van der Waals surface area contributed by atoms with Gasteiger partial charge in [0.15, 0.2) is 0 Å². The number of hydrogen-bond acceptors (Lipinski definition) is 4. The van der Waals surface area contributed by atoms with Gasteiger partial charge in [-0.3, -0.25) is 9.78 Å². The Kier molecular flexibility index (Phi) is 8.20. The van der Waals surface area contributed by atoms with E-state index in [4.69, 9.17) is 4.74 Å². The van der Waals surface area contributed by atoms with Crippen molar-refractivity contribution in [3.8, 4) is 0 Å². The summed E-state index contributed by atoms with van der Waals surface area (Å²) in [6.45, 7) is 7.80. The third-order valence-electron chi connectivity index (χ3n) is 8.85. The maximum atomic E-state index is 13.1. The average molecular weight is 527 g/mol. The molecule has 0 spiro atoms. The van der Waals surface area contributed by atoms with Crippen LogP contribution >= 0.6 is 0 Å². The van der Waals surface area contributed by atoms with Gasteiger partial charge in [0.05, 0.1) is 12.2 Å². The number of nitrogens with zero attached hydrogens (tertiary/aromatic N) is 1. The lowest BCUT2D eigenvalue weighted by Crippen LogP contribution is -2.53. The molecule has 3 atom stereocenters. The van der Waals surface area contributed by atoms with Gasteiger partial charge in [0, 0.05) is 36.0 Å². The molecule has 2 aliphatic carbocycles. The Labute approximate surface area is 233 Å². The Bertz CT molecular complexity index is 1290. The van der Waals surface area contributed by atoms with Crippen LogP contribution in [0.4, 0.5) is 0 Å². The lowest BCUT2D eigenvalue weighted by atomic mass is 9.52. The number of pyridine rings is 1. The van der Waals surface area contributed by atoms with Crippen LogP contribution < -0.4 is 5.32 Å². The van der Waals surface area contributed by atoms with Crippen LogP contribution in [0.1, 0.15) is 77.8 Å². The number of aryl methyl sites for hydroxylation is 2. The molecule has 5 heteroatoms.